The summed E-state index contributed by atoms with van der Waals surface area (Å²) in [5.74, 6) is 0.150. The molecule has 1 aromatic rings. The number of aliphatic hydroxyl groups is 1. The van der Waals surface area contributed by atoms with E-state index in [9.17, 15) is 9.90 Å². The van der Waals surface area contributed by atoms with E-state index in [4.69, 9.17) is 26.8 Å². The lowest BCUT2D eigenvalue weighted by molar-refractivity contribution is -0.119. The van der Waals surface area contributed by atoms with E-state index in [0.29, 0.717) is 23.1 Å². The molecule has 4 N–H and O–H groups in total. The Morgan fingerprint density at radius 3 is 2.76 bits per heavy atom. The van der Waals surface area contributed by atoms with Crippen LogP contribution in [-0.2, 0) is 11.3 Å². The molecule has 0 spiro atoms. The molecule has 0 saturated heterocycles. The van der Waals surface area contributed by atoms with Gasteiger partial charge in [-0.25, -0.2) is 0 Å². The molecule has 1 saturated carbocycles. The molecule has 1 aliphatic carbocycles. The van der Waals surface area contributed by atoms with Crippen LogP contribution in [0, 0.1) is 0 Å². The fourth-order valence-electron chi connectivity index (χ4n) is 1.99. The fraction of sp³-hybridized carbons (Fsp3) is 0.500. The Balaban J connectivity index is 2.09. The Bertz CT molecular complexity index is 532. The number of halogens is 1. The number of benzene rings is 1. The van der Waals surface area contributed by atoms with E-state index in [2.05, 4.69) is 5.32 Å². The van der Waals surface area contributed by atoms with Crippen molar-refractivity contribution in [1.82, 2.24) is 5.32 Å². The maximum Gasteiger partial charge on any atom is 0.255 e. The van der Waals surface area contributed by atoms with Crippen molar-refractivity contribution in [2.75, 3.05) is 20.3 Å². The minimum Gasteiger partial charge on any atom is -0.493 e. The van der Waals surface area contributed by atoms with E-state index >= 15 is 0 Å². The van der Waals surface area contributed by atoms with Crippen molar-refractivity contribution in [3.05, 3.63) is 22.7 Å². The highest BCUT2D eigenvalue weighted by Crippen LogP contribution is 2.38. The maximum absolute atomic E-state index is 10.8. The Hall–Kier alpha value is -1.50. The van der Waals surface area contributed by atoms with Gasteiger partial charge in [0.15, 0.2) is 18.1 Å². The molecule has 21 heavy (non-hydrogen) atoms. The summed E-state index contributed by atoms with van der Waals surface area (Å²) in [6.07, 6.45) is 1.93. The van der Waals surface area contributed by atoms with Gasteiger partial charge in [0.1, 0.15) is 0 Å². The SMILES string of the molecule is COc1cc(CNC2(CO)CC2)cc(Cl)c1OCC(N)=O. The monoisotopic (exact) mass is 314 g/mol. The van der Waals surface area contributed by atoms with Crippen LogP contribution in [-0.4, -0.2) is 36.9 Å². The highest BCUT2D eigenvalue weighted by atomic mass is 35.5. The first-order valence-electron chi connectivity index (χ1n) is 6.63. The van der Waals surface area contributed by atoms with E-state index in [-0.39, 0.29) is 18.8 Å². The second-order valence-corrected chi connectivity index (χ2v) is 5.56. The van der Waals surface area contributed by atoms with Gasteiger partial charge in [-0.2, -0.15) is 0 Å². The molecule has 0 aromatic heterocycles. The van der Waals surface area contributed by atoms with Gasteiger partial charge in [0.25, 0.3) is 5.91 Å². The minimum absolute atomic E-state index is 0.123. The van der Waals surface area contributed by atoms with Crippen molar-refractivity contribution in [2.45, 2.75) is 24.9 Å². The van der Waals surface area contributed by atoms with E-state index in [1.54, 1.807) is 12.1 Å². The molecule has 2 rings (SSSR count). The Morgan fingerprint density at radius 2 is 2.24 bits per heavy atom. The first kappa shape index (κ1) is 15.9. The van der Waals surface area contributed by atoms with Crippen LogP contribution < -0.4 is 20.5 Å². The second kappa shape index (κ2) is 6.51. The molecule has 0 atom stereocenters. The van der Waals surface area contributed by atoms with Gasteiger partial charge in [-0.1, -0.05) is 11.6 Å². The van der Waals surface area contributed by atoms with Crippen LogP contribution >= 0.6 is 11.6 Å². The summed E-state index contributed by atoms with van der Waals surface area (Å²) in [4.78, 5) is 10.8. The van der Waals surface area contributed by atoms with Gasteiger partial charge in [0, 0.05) is 12.1 Å². The molecule has 0 aliphatic heterocycles. The van der Waals surface area contributed by atoms with Crippen LogP contribution in [0.1, 0.15) is 18.4 Å². The number of amides is 1. The zero-order valence-corrected chi connectivity index (χ0v) is 12.6. The van der Waals surface area contributed by atoms with Crippen LogP contribution in [0.25, 0.3) is 0 Å². The Labute approximate surface area is 128 Å². The fourth-order valence-corrected chi connectivity index (χ4v) is 2.28. The summed E-state index contributed by atoms with van der Waals surface area (Å²) >= 11 is 6.16. The van der Waals surface area contributed by atoms with Crippen molar-refractivity contribution in [3.63, 3.8) is 0 Å². The van der Waals surface area contributed by atoms with E-state index in [1.165, 1.54) is 7.11 Å². The van der Waals surface area contributed by atoms with Crippen LogP contribution in [0.4, 0.5) is 0 Å². The number of methoxy groups -OCH3 is 1. The zero-order chi connectivity index (χ0) is 15.5. The van der Waals surface area contributed by atoms with Gasteiger partial charge in [0.2, 0.25) is 0 Å². The van der Waals surface area contributed by atoms with Gasteiger partial charge in [-0.15, -0.1) is 0 Å². The predicted molar refractivity (Wildman–Crippen MR) is 78.6 cm³/mol. The summed E-state index contributed by atoms with van der Waals surface area (Å²) in [5, 5.41) is 12.9. The van der Waals surface area contributed by atoms with Gasteiger partial charge >= 0.3 is 0 Å². The van der Waals surface area contributed by atoms with Crippen LogP contribution in [0.5, 0.6) is 11.5 Å². The van der Waals surface area contributed by atoms with Crippen LogP contribution in [0.3, 0.4) is 0 Å². The lowest BCUT2D eigenvalue weighted by atomic mass is 10.1. The average Bonchev–Trinajstić information content (AvgIpc) is 3.23. The number of primary amides is 1. The molecule has 0 unspecified atom stereocenters. The molecular weight excluding hydrogens is 296 g/mol. The van der Waals surface area contributed by atoms with Crippen molar-refractivity contribution in [3.8, 4) is 11.5 Å². The summed E-state index contributed by atoms with van der Waals surface area (Å²) in [6, 6.07) is 3.52. The van der Waals surface area contributed by atoms with Crippen LogP contribution in [0.2, 0.25) is 5.02 Å². The van der Waals surface area contributed by atoms with E-state index < -0.39 is 5.91 Å². The molecule has 1 aliphatic rings. The zero-order valence-electron chi connectivity index (χ0n) is 11.8. The molecule has 7 heteroatoms. The first-order chi connectivity index (χ1) is 9.99. The van der Waals surface area contributed by atoms with Crippen molar-refractivity contribution in [2.24, 2.45) is 5.73 Å². The summed E-state index contributed by atoms with van der Waals surface area (Å²) in [5.41, 5.74) is 5.80. The van der Waals surface area contributed by atoms with Gasteiger partial charge < -0.3 is 25.6 Å². The number of carbonyl (C=O) groups excluding carboxylic acids is 1. The largest absolute Gasteiger partial charge is 0.493 e. The Morgan fingerprint density at radius 1 is 1.52 bits per heavy atom. The van der Waals surface area contributed by atoms with E-state index in [1.807, 2.05) is 0 Å². The molecule has 6 nitrogen and oxygen atoms in total. The summed E-state index contributed by atoms with van der Waals surface area (Å²) < 4.78 is 10.5. The number of hydrogen-bond donors (Lipinski definition) is 3. The third-order valence-electron chi connectivity index (χ3n) is 3.47. The Kier molecular flexibility index (Phi) is 4.92. The lowest BCUT2D eigenvalue weighted by Crippen LogP contribution is -2.34. The minimum atomic E-state index is -0.586. The van der Waals surface area contributed by atoms with Gasteiger partial charge in [-0.05, 0) is 30.5 Å². The molecule has 0 radical (unpaired) electrons. The quantitative estimate of drug-likeness (QED) is 0.660. The molecule has 116 valence electrons. The number of nitrogens with two attached hydrogens (primary N) is 1. The predicted octanol–water partition coefficient (Wildman–Crippen LogP) is 0.827. The maximum atomic E-state index is 10.8. The molecule has 1 fully saturated rings. The normalized spacial score (nSPS) is 15.6. The van der Waals surface area contributed by atoms with Crippen LogP contribution in [0.15, 0.2) is 12.1 Å². The third-order valence-corrected chi connectivity index (χ3v) is 3.75. The summed E-state index contributed by atoms with van der Waals surface area (Å²) in [7, 11) is 1.50. The standard InChI is InChI=1S/C14H19ClN2O4/c1-20-11-5-9(6-17-14(8-18)2-3-14)4-10(15)13(11)21-7-12(16)19/h4-5,17-18H,2-3,6-8H2,1H3,(H2,16,19). The first-order valence-corrected chi connectivity index (χ1v) is 7.01. The highest BCUT2D eigenvalue weighted by Gasteiger charge is 2.41. The van der Waals surface area contributed by atoms with Gasteiger partial charge in [-0.3, -0.25) is 4.79 Å². The number of hydrogen-bond acceptors (Lipinski definition) is 5. The van der Waals surface area contributed by atoms with E-state index in [0.717, 1.165) is 18.4 Å². The molecule has 1 amide bonds. The molecule has 0 heterocycles. The number of nitrogens with one attached hydrogen (secondary N) is 1. The molecule has 0 bridgehead atoms. The number of ether oxygens (including phenoxy) is 2. The molecular formula is C14H19ClN2O4. The summed E-state index contributed by atoms with van der Waals surface area (Å²) in [6.45, 7) is 0.422. The second-order valence-electron chi connectivity index (χ2n) is 5.16. The van der Waals surface area contributed by atoms with Crippen molar-refractivity contribution >= 4 is 17.5 Å². The van der Waals surface area contributed by atoms with Crippen molar-refractivity contribution in [1.29, 1.82) is 0 Å². The van der Waals surface area contributed by atoms with Crippen molar-refractivity contribution < 1.29 is 19.4 Å². The lowest BCUT2D eigenvalue weighted by Gasteiger charge is -2.16. The topological polar surface area (TPSA) is 93.8 Å². The smallest absolute Gasteiger partial charge is 0.255 e. The number of rotatable bonds is 8. The number of carbonyl (C=O) groups is 1. The highest BCUT2D eigenvalue weighted by molar-refractivity contribution is 6.32. The third kappa shape index (κ3) is 4.00. The molecule has 1 aromatic carbocycles. The average molecular weight is 315 g/mol. The number of aliphatic hydroxyl groups excluding tert-OH is 1. The van der Waals surface area contributed by atoms with Gasteiger partial charge in [0.05, 0.1) is 18.7 Å².